The lowest BCUT2D eigenvalue weighted by molar-refractivity contribution is -0.143. The summed E-state index contributed by atoms with van der Waals surface area (Å²) in [5.74, 6) is 0.474. The summed E-state index contributed by atoms with van der Waals surface area (Å²) >= 11 is 0. The van der Waals surface area contributed by atoms with Crippen molar-refractivity contribution in [3.05, 3.63) is 0 Å². The average molecular weight is 195 g/mol. The third kappa shape index (κ3) is 3.18. The van der Waals surface area contributed by atoms with E-state index in [1.807, 2.05) is 4.90 Å². The molecule has 0 aromatic rings. The maximum absolute atomic E-state index is 11.9. The van der Waals surface area contributed by atoms with Crippen LogP contribution in [0.5, 0.6) is 0 Å². The van der Waals surface area contributed by atoms with Crippen LogP contribution >= 0.6 is 0 Å². The van der Waals surface area contributed by atoms with Crippen LogP contribution in [0.2, 0.25) is 0 Å². The molecule has 0 spiro atoms. The average Bonchev–Trinajstić information content (AvgIpc) is 1.79. The first-order valence-corrected chi connectivity index (χ1v) is 4.71. The van der Waals surface area contributed by atoms with E-state index in [0.29, 0.717) is 12.0 Å². The molecule has 1 heterocycles. The van der Waals surface area contributed by atoms with Gasteiger partial charge in [-0.25, -0.2) is 0 Å². The van der Waals surface area contributed by atoms with Gasteiger partial charge in [0.1, 0.15) is 0 Å². The van der Waals surface area contributed by atoms with Crippen molar-refractivity contribution >= 4 is 0 Å². The molecule has 1 nitrogen and oxygen atoms in total. The Morgan fingerprint density at radius 1 is 1.38 bits per heavy atom. The molecule has 0 bridgehead atoms. The number of rotatable bonds is 3. The highest BCUT2D eigenvalue weighted by Gasteiger charge is 2.34. The number of hydrogen-bond acceptors (Lipinski definition) is 1. The van der Waals surface area contributed by atoms with E-state index in [0.717, 1.165) is 13.0 Å². The van der Waals surface area contributed by atoms with Crippen LogP contribution in [0, 0.1) is 5.92 Å². The maximum Gasteiger partial charge on any atom is 0.390 e. The number of alkyl halides is 3. The monoisotopic (exact) mass is 195 g/mol. The van der Waals surface area contributed by atoms with Gasteiger partial charge in [-0.1, -0.05) is 13.8 Å². The molecular weight excluding hydrogens is 179 g/mol. The Bertz CT molecular complexity index is 165. The predicted octanol–water partition coefficient (Wildman–Crippen LogP) is 2.67. The fourth-order valence-corrected chi connectivity index (χ4v) is 1.76. The van der Waals surface area contributed by atoms with E-state index in [4.69, 9.17) is 0 Å². The highest BCUT2D eigenvalue weighted by Crippen LogP contribution is 2.27. The SMILES string of the molecule is CC(C)[C@H]1CCN1CCC(F)(F)F. The van der Waals surface area contributed by atoms with Crippen molar-refractivity contribution in [2.24, 2.45) is 5.92 Å². The summed E-state index contributed by atoms with van der Waals surface area (Å²) in [5.41, 5.74) is 0. The molecule has 0 unspecified atom stereocenters. The van der Waals surface area contributed by atoms with Gasteiger partial charge in [-0.05, 0) is 18.9 Å². The number of likely N-dealkylation sites (tertiary alicyclic amines) is 1. The van der Waals surface area contributed by atoms with Gasteiger partial charge in [0.05, 0.1) is 6.42 Å². The topological polar surface area (TPSA) is 3.24 Å². The van der Waals surface area contributed by atoms with Crippen LogP contribution in [0.4, 0.5) is 13.2 Å². The van der Waals surface area contributed by atoms with Crippen molar-refractivity contribution in [3.8, 4) is 0 Å². The van der Waals surface area contributed by atoms with Crippen LogP contribution in [0.15, 0.2) is 0 Å². The summed E-state index contributed by atoms with van der Waals surface area (Å²) < 4.78 is 35.6. The van der Waals surface area contributed by atoms with Crippen molar-refractivity contribution in [1.29, 1.82) is 0 Å². The van der Waals surface area contributed by atoms with Crippen molar-refractivity contribution in [2.75, 3.05) is 13.1 Å². The molecule has 4 heteroatoms. The highest BCUT2D eigenvalue weighted by molar-refractivity contribution is 4.85. The molecule has 0 aromatic heterocycles. The Morgan fingerprint density at radius 2 is 2.00 bits per heavy atom. The van der Waals surface area contributed by atoms with Crippen molar-refractivity contribution in [1.82, 2.24) is 4.90 Å². The van der Waals surface area contributed by atoms with Crippen molar-refractivity contribution < 1.29 is 13.2 Å². The van der Waals surface area contributed by atoms with Gasteiger partial charge in [0.25, 0.3) is 0 Å². The van der Waals surface area contributed by atoms with E-state index in [2.05, 4.69) is 13.8 Å². The lowest BCUT2D eigenvalue weighted by Crippen LogP contribution is -2.51. The van der Waals surface area contributed by atoms with Gasteiger partial charge < -0.3 is 0 Å². The Morgan fingerprint density at radius 3 is 2.31 bits per heavy atom. The highest BCUT2D eigenvalue weighted by atomic mass is 19.4. The molecule has 0 aliphatic carbocycles. The van der Waals surface area contributed by atoms with Gasteiger partial charge in [-0.2, -0.15) is 13.2 Å². The van der Waals surface area contributed by atoms with Crippen molar-refractivity contribution in [2.45, 2.75) is 38.9 Å². The number of hydrogen-bond donors (Lipinski definition) is 0. The molecule has 0 radical (unpaired) electrons. The summed E-state index contributed by atoms with van der Waals surface area (Å²) in [6.07, 6.45) is -3.62. The Hall–Kier alpha value is -0.250. The van der Waals surface area contributed by atoms with E-state index in [9.17, 15) is 13.2 Å². The first kappa shape index (κ1) is 10.8. The molecule has 0 N–H and O–H groups in total. The van der Waals surface area contributed by atoms with Crippen LogP contribution in [0.1, 0.15) is 26.7 Å². The molecule has 1 aliphatic rings. The van der Waals surface area contributed by atoms with E-state index >= 15 is 0 Å². The third-order valence-corrected chi connectivity index (χ3v) is 2.63. The first-order valence-electron chi connectivity index (χ1n) is 4.71. The second-order valence-corrected chi connectivity index (χ2v) is 4.00. The molecule has 1 rings (SSSR count). The van der Waals surface area contributed by atoms with E-state index in [1.54, 1.807) is 0 Å². The van der Waals surface area contributed by atoms with Gasteiger partial charge in [0, 0.05) is 12.6 Å². The second-order valence-electron chi connectivity index (χ2n) is 4.00. The van der Waals surface area contributed by atoms with Gasteiger partial charge in [-0.15, -0.1) is 0 Å². The molecule has 1 fully saturated rings. The van der Waals surface area contributed by atoms with Crippen molar-refractivity contribution in [3.63, 3.8) is 0 Å². The van der Waals surface area contributed by atoms with Gasteiger partial charge in [0.15, 0.2) is 0 Å². The largest absolute Gasteiger partial charge is 0.390 e. The Balaban J connectivity index is 2.23. The zero-order valence-corrected chi connectivity index (χ0v) is 8.06. The van der Waals surface area contributed by atoms with Crippen LogP contribution in [0.3, 0.4) is 0 Å². The standard InChI is InChI=1S/C9H16F3N/c1-7(2)8-3-5-13(8)6-4-9(10,11)12/h7-8H,3-6H2,1-2H3/t8-/m1/s1. The molecule has 13 heavy (non-hydrogen) atoms. The lowest BCUT2D eigenvalue weighted by Gasteiger charge is -2.43. The zero-order valence-electron chi connectivity index (χ0n) is 8.06. The second kappa shape index (κ2) is 3.86. The first-order chi connectivity index (χ1) is 5.90. The Kier molecular flexibility index (Phi) is 3.22. The normalized spacial score (nSPS) is 24.9. The fourth-order valence-electron chi connectivity index (χ4n) is 1.76. The Labute approximate surface area is 76.9 Å². The van der Waals surface area contributed by atoms with E-state index in [-0.39, 0.29) is 6.54 Å². The molecule has 1 atom stereocenters. The van der Waals surface area contributed by atoms with Crippen LogP contribution in [0.25, 0.3) is 0 Å². The molecule has 0 aromatic carbocycles. The smallest absolute Gasteiger partial charge is 0.300 e. The van der Waals surface area contributed by atoms with E-state index < -0.39 is 12.6 Å². The van der Waals surface area contributed by atoms with Crippen LogP contribution in [-0.4, -0.2) is 30.2 Å². The minimum Gasteiger partial charge on any atom is -0.300 e. The molecule has 0 saturated carbocycles. The minimum absolute atomic E-state index is 0.173. The minimum atomic E-state index is -4.00. The quantitative estimate of drug-likeness (QED) is 0.669. The van der Waals surface area contributed by atoms with E-state index in [1.165, 1.54) is 0 Å². The lowest BCUT2D eigenvalue weighted by atomic mass is 9.92. The molecule has 1 aliphatic heterocycles. The third-order valence-electron chi connectivity index (χ3n) is 2.63. The summed E-state index contributed by atoms with van der Waals surface area (Å²) in [4.78, 5) is 1.93. The molecular formula is C9H16F3N. The number of halogens is 3. The molecule has 0 amide bonds. The predicted molar refractivity (Wildman–Crippen MR) is 45.5 cm³/mol. The summed E-state index contributed by atoms with van der Waals surface area (Å²) in [7, 11) is 0. The number of nitrogens with zero attached hydrogens (tertiary/aromatic N) is 1. The zero-order chi connectivity index (χ0) is 10.1. The maximum atomic E-state index is 11.9. The van der Waals surface area contributed by atoms with Gasteiger partial charge >= 0.3 is 6.18 Å². The molecule has 78 valence electrons. The van der Waals surface area contributed by atoms with Crippen LogP contribution < -0.4 is 0 Å². The molecule has 1 saturated heterocycles. The fraction of sp³-hybridized carbons (Fsp3) is 1.00. The van der Waals surface area contributed by atoms with Gasteiger partial charge in [-0.3, -0.25) is 4.90 Å². The summed E-state index contributed by atoms with van der Waals surface area (Å²) in [6.45, 7) is 5.13. The summed E-state index contributed by atoms with van der Waals surface area (Å²) in [5, 5.41) is 0. The van der Waals surface area contributed by atoms with Gasteiger partial charge in [0.2, 0.25) is 0 Å². The summed E-state index contributed by atoms with van der Waals surface area (Å²) in [6, 6.07) is 0.377. The van der Waals surface area contributed by atoms with Crippen LogP contribution in [-0.2, 0) is 0 Å².